The van der Waals surface area contributed by atoms with Gasteiger partial charge < -0.3 is 5.11 Å². The molecular weight excluding hydrogens is 295 g/mol. The molecule has 0 aromatic heterocycles. The zero-order valence-corrected chi connectivity index (χ0v) is 10.5. The fourth-order valence-electron chi connectivity index (χ4n) is 1.17. The number of benzene rings is 1. The number of alkyl halides is 3. The van der Waals surface area contributed by atoms with Crippen molar-refractivity contribution in [3.05, 3.63) is 45.8 Å². The lowest BCUT2D eigenvalue weighted by molar-refractivity contribution is -0.384. The van der Waals surface area contributed by atoms with Gasteiger partial charge in [-0.15, -0.1) is 5.11 Å². The maximum absolute atomic E-state index is 12.3. The molecule has 1 aromatic rings. The van der Waals surface area contributed by atoms with Gasteiger partial charge in [-0.1, -0.05) is 0 Å². The number of Topliss-reactive ketones (excluding diaryl/α,β-unsaturated/α-hetero) is 1. The van der Waals surface area contributed by atoms with E-state index in [1.807, 2.05) is 0 Å². The first kappa shape index (κ1) is 16.3. The van der Waals surface area contributed by atoms with Crippen LogP contribution in [-0.2, 0) is 4.79 Å². The van der Waals surface area contributed by atoms with E-state index in [-0.39, 0.29) is 11.4 Å². The number of allylic oxidation sites excluding steroid dienone is 2. The third-order valence-corrected chi connectivity index (χ3v) is 2.15. The summed E-state index contributed by atoms with van der Waals surface area (Å²) in [6, 6.07) is 4.39. The second-order valence-corrected chi connectivity index (χ2v) is 3.72. The zero-order chi connectivity index (χ0) is 16.2. The van der Waals surface area contributed by atoms with Gasteiger partial charge >= 0.3 is 6.18 Å². The number of hydrogen-bond donors (Lipinski definition) is 1. The second kappa shape index (κ2) is 6.11. The molecule has 7 nitrogen and oxygen atoms in total. The van der Waals surface area contributed by atoms with Crippen LogP contribution in [0.25, 0.3) is 0 Å². The lowest BCUT2D eigenvalue weighted by Gasteiger charge is -2.06. The van der Waals surface area contributed by atoms with Crippen LogP contribution in [0.15, 0.2) is 46.0 Å². The van der Waals surface area contributed by atoms with E-state index in [4.69, 9.17) is 5.11 Å². The summed E-state index contributed by atoms with van der Waals surface area (Å²) in [6.45, 7) is 0.784. The summed E-state index contributed by atoms with van der Waals surface area (Å²) in [7, 11) is 0. The molecule has 0 saturated heterocycles. The molecule has 1 rings (SSSR count). The number of nitro benzene ring substituents is 1. The van der Waals surface area contributed by atoms with Gasteiger partial charge in [-0.25, -0.2) is 0 Å². The second-order valence-electron chi connectivity index (χ2n) is 3.72. The first-order chi connectivity index (χ1) is 9.62. The number of nitrogens with zero attached hydrogens (tertiary/aromatic N) is 3. The number of hydrogen-bond acceptors (Lipinski definition) is 6. The highest BCUT2D eigenvalue weighted by molar-refractivity contribution is 5.93. The van der Waals surface area contributed by atoms with Crippen molar-refractivity contribution in [3.63, 3.8) is 0 Å². The van der Waals surface area contributed by atoms with Crippen LogP contribution < -0.4 is 0 Å². The molecule has 0 fully saturated rings. The van der Waals surface area contributed by atoms with Crippen LogP contribution in [0.5, 0.6) is 0 Å². The highest BCUT2D eigenvalue weighted by Crippen LogP contribution is 2.28. The quantitative estimate of drug-likeness (QED) is 0.301. The van der Waals surface area contributed by atoms with Crippen molar-refractivity contribution >= 4 is 17.2 Å². The number of aliphatic hydroxyl groups is 1. The molecule has 0 amide bonds. The molecule has 0 aliphatic carbocycles. The van der Waals surface area contributed by atoms with E-state index >= 15 is 0 Å². The number of halogens is 3. The number of non-ortho nitro benzene ring substituents is 1. The highest BCUT2D eigenvalue weighted by atomic mass is 19.4. The molecule has 1 aromatic carbocycles. The number of carbonyl (C=O) groups excluding carboxylic acids is 1. The molecule has 21 heavy (non-hydrogen) atoms. The van der Waals surface area contributed by atoms with E-state index in [1.54, 1.807) is 0 Å². The first-order valence-electron chi connectivity index (χ1n) is 5.30. The van der Waals surface area contributed by atoms with Gasteiger partial charge in [-0.2, -0.15) is 18.3 Å². The molecule has 112 valence electrons. The highest BCUT2D eigenvalue weighted by Gasteiger charge is 2.38. The molecule has 0 saturated carbocycles. The fraction of sp³-hybridized carbons (Fsp3) is 0.182. The van der Waals surface area contributed by atoms with Gasteiger partial charge in [0.25, 0.3) is 5.69 Å². The predicted octanol–water partition coefficient (Wildman–Crippen LogP) is 3.60. The van der Waals surface area contributed by atoms with Crippen LogP contribution in [0.1, 0.15) is 6.92 Å². The summed E-state index contributed by atoms with van der Waals surface area (Å²) < 4.78 is 36.9. The maximum Gasteiger partial charge on any atom is 0.451 e. The number of nitro groups is 1. The molecular formula is C11H8F3N3O4. The van der Waals surface area contributed by atoms with E-state index in [0.717, 1.165) is 31.2 Å². The standard InChI is InChI=1S/C11H8F3N3O4/c1-6(18)9(10(19)11(12,13)14)16-15-7-2-4-8(5-3-7)17(20)21/h2-5,19H,1H3/b10-9-,16-15?. The number of azo groups is 1. The fourth-order valence-corrected chi connectivity index (χ4v) is 1.17. The van der Waals surface area contributed by atoms with Crippen molar-refractivity contribution in [1.82, 2.24) is 0 Å². The Labute approximate surface area is 115 Å². The number of carbonyl (C=O) groups is 1. The van der Waals surface area contributed by atoms with Crippen molar-refractivity contribution in [1.29, 1.82) is 0 Å². The minimum Gasteiger partial charge on any atom is -0.503 e. The predicted molar refractivity (Wildman–Crippen MR) is 64.0 cm³/mol. The van der Waals surface area contributed by atoms with Crippen molar-refractivity contribution in [3.8, 4) is 0 Å². The van der Waals surface area contributed by atoms with Crippen LogP contribution >= 0.6 is 0 Å². The van der Waals surface area contributed by atoms with Crippen LogP contribution in [-0.4, -0.2) is 22.0 Å². The lowest BCUT2D eigenvalue weighted by Crippen LogP contribution is -2.16. The van der Waals surface area contributed by atoms with Gasteiger partial charge in [0.05, 0.1) is 10.6 Å². The van der Waals surface area contributed by atoms with Crippen LogP contribution in [0.2, 0.25) is 0 Å². The summed E-state index contributed by atoms with van der Waals surface area (Å²) in [4.78, 5) is 20.8. The van der Waals surface area contributed by atoms with E-state index in [1.165, 1.54) is 0 Å². The third kappa shape index (κ3) is 4.37. The Morgan fingerprint density at radius 1 is 1.29 bits per heavy atom. The van der Waals surface area contributed by atoms with Gasteiger partial charge in [0, 0.05) is 19.1 Å². The molecule has 0 heterocycles. The van der Waals surface area contributed by atoms with Crippen LogP contribution in [0.4, 0.5) is 24.5 Å². The topological polar surface area (TPSA) is 105 Å². The summed E-state index contributed by atoms with van der Waals surface area (Å²) >= 11 is 0. The largest absolute Gasteiger partial charge is 0.503 e. The summed E-state index contributed by atoms with van der Waals surface area (Å²) in [6.07, 6.45) is -5.13. The average Bonchev–Trinajstić information content (AvgIpc) is 2.37. The number of ketones is 1. The molecule has 0 aliphatic heterocycles. The smallest absolute Gasteiger partial charge is 0.451 e. The Kier molecular flexibility index (Phi) is 4.74. The molecule has 1 N–H and O–H groups in total. The zero-order valence-electron chi connectivity index (χ0n) is 10.5. The Morgan fingerprint density at radius 2 is 1.81 bits per heavy atom. The summed E-state index contributed by atoms with van der Waals surface area (Å²) in [5, 5.41) is 25.7. The van der Waals surface area contributed by atoms with Gasteiger partial charge in [0.2, 0.25) is 5.76 Å². The molecule has 0 aliphatic rings. The Hall–Kier alpha value is -2.78. The maximum atomic E-state index is 12.3. The molecule has 0 spiro atoms. The Bertz CT molecular complexity index is 621. The summed E-state index contributed by atoms with van der Waals surface area (Å²) in [5.41, 5.74) is -1.51. The molecule has 0 unspecified atom stereocenters. The minimum absolute atomic E-state index is 0.0191. The van der Waals surface area contributed by atoms with E-state index in [9.17, 15) is 28.1 Å². The van der Waals surface area contributed by atoms with Gasteiger partial charge in [-0.05, 0) is 12.1 Å². The number of aliphatic hydroxyl groups excluding tert-OH is 1. The molecule has 0 atom stereocenters. The summed E-state index contributed by atoms with van der Waals surface area (Å²) in [5.74, 6) is -3.28. The van der Waals surface area contributed by atoms with Crippen LogP contribution in [0, 0.1) is 10.1 Å². The Balaban J connectivity index is 3.10. The molecule has 0 radical (unpaired) electrons. The number of rotatable bonds is 4. The van der Waals surface area contributed by atoms with E-state index in [0.29, 0.717) is 0 Å². The van der Waals surface area contributed by atoms with Crippen LogP contribution in [0.3, 0.4) is 0 Å². The Morgan fingerprint density at radius 3 is 2.19 bits per heavy atom. The van der Waals surface area contributed by atoms with Crippen molar-refractivity contribution in [2.24, 2.45) is 10.2 Å². The minimum atomic E-state index is -5.13. The monoisotopic (exact) mass is 303 g/mol. The lowest BCUT2D eigenvalue weighted by atomic mass is 10.2. The normalized spacial score (nSPS) is 13.1. The van der Waals surface area contributed by atoms with Gasteiger partial charge in [0.1, 0.15) is 0 Å². The molecule has 0 bridgehead atoms. The van der Waals surface area contributed by atoms with E-state index < -0.39 is 28.3 Å². The van der Waals surface area contributed by atoms with Gasteiger partial charge in [0.15, 0.2) is 11.5 Å². The first-order valence-corrected chi connectivity index (χ1v) is 5.30. The van der Waals surface area contributed by atoms with Gasteiger partial charge in [-0.3, -0.25) is 14.9 Å². The third-order valence-electron chi connectivity index (χ3n) is 2.15. The van der Waals surface area contributed by atoms with Crippen molar-refractivity contribution < 1.29 is 28.0 Å². The SMILES string of the molecule is CC(=O)/C(N=Nc1ccc([N+](=O)[O-])cc1)=C(/O)C(F)(F)F. The van der Waals surface area contributed by atoms with E-state index in [2.05, 4.69) is 10.2 Å². The van der Waals surface area contributed by atoms with Crippen molar-refractivity contribution in [2.75, 3.05) is 0 Å². The average molecular weight is 303 g/mol. The van der Waals surface area contributed by atoms with Crippen molar-refractivity contribution in [2.45, 2.75) is 13.1 Å². The molecule has 10 heteroatoms.